The lowest BCUT2D eigenvalue weighted by molar-refractivity contribution is -0.907. The van der Waals surface area contributed by atoms with Gasteiger partial charge >= 0.3 is 0 Å². The van der Waals surface area contributed by atoms with E-state index in [0.717, 1.165) is 11.4 Å². The standard InChI is InChI=1S/C18H20Cl2N2OS/c1-12(18(23)21-17-10-14(19)6-9-16(17)20)22(2)11-13-4-7-15(24-3)8-5-13/h4-10,12H,11H2,1-3H3,(H,21,23)/p+1/t12-/m0/s1. The number of benzene rings is 2. The number of thioether (sulfide) groups is 1. The molecule has 2 aromatic rings. The van der Waals surface area contributed by atoms with Crippen LogP contribution >= 0.6 is 35.0 Å². The zero-order chi connectivity index (χ0) is 17.7. The molecule has 1 unspecified atom stereocenters. The Morgan fingerprint density at radius 2 is 1.88 bits per heavy atom. The average Bonchev–Trinajstić information content (AvgIpc) is 2.58. The first-order chi connectivity index (χ1) is 11.4. The monoisotopic (exact) mass is 383 g/mol. The first-order valence-corrected chi connectivity index (χ1v) is 9.60. The fourth-order valence-corrected chi connectivity index (χ4v) is 3.02. The summed E-state index contributed by atoms with van der Waals surface area (Å²) in [6, 6.07) is 13.2. The number of carbonyl (C=O) groups is 1. The highest BCUT2D eigenvalue weighted by Gasteiger charge is 2.22. The minimum absolute atomic E-state index is 0.0857. The predicted octanol–water partition coefficient (Wildman–Crippen LogP) is 3.76. The summed E-state index contributed by atoms with van der Waals surface area (Å²) in [5, 5.41) is 3.87. The van der Waals surface area contributed by atoms with Crippen LogP contribution in [0, 0.1) is 0 Å². The molecule has 0 saturated heterocycles. The van der Waals surface area contributed by atoms with Crippen molar-refractivity contribution in [1.82, 2.24) is 0 Å². The van der Waals surface area contributed by atoms with Crippen molar-refractivity contribution in [2.75, 3.05) is 18.6 Å². The van der Waals surface area contributed by atoms with Gasteiger partial charge in [0, 0.05) is 15.5 Å². The Balaban J connectivity index is 1.99. The lowest BCUT2D eigenvalue weighted by Gasteiger charge is -2.21. The fourth-order valence-electron chi connectivity index (χ4n) is 2.28. The number of amides is 1. The molecule has 0 aliphatic carbocycles. The lowest BCUT2D eigenvalue weighted by atomic mass is 10.2. The molecule has 2 atom stereocenters. The Morgan fingerprint density at radius 3 is 2.50 bits per heavy atom. The van der Waals surface area contributed by atoms with Crippen LogP contribution in [0.2, 0.25) is 10.0 Å². The largest absolute Gasteiger partial charge is 0.324 e. The number of nitrogens with one attached hydrogen (secondary N) is 2. The third kappa shape index (κ3) is 5.15. The fraction of sp³-hybridized carbons (Fsp3) is 0.278. The second-order valence-corrected chi connectivity index (χ2v) is 7.43. The number of anilines is 1. The Morgan fingerprint density at radius 1 is 1.21 bits per heavy atom. The average molecular weight is 384 g/mol. The lowest BCUT2D eigenvalue weighted by Crippen LogP contribution is -3.12. The van der Waals surface area contributed by atoms with E-state index < -0.39 is 0 Å². The molecule has 0 aromatic heterocycles. The van der Waals surface area contributed by atoms with Gasteiger partial charge in [0.25, 0.3) is 5.91 Å². The highest BCUT2D eigenvalue weighted by atomic mass is 35.5. The van der Waals surface area contributed by atoms with Crippen molar-refractivity contribution in [1.29, 1.82) is 0 Å². The molecule has 2 N–H and O–H groups in total. The number of carbonyl (C=O) groups excluding carboxylic acids is 1. The minimum atomic E-state index is -0.222. The first-order valence-electron chi connectivity index (χ1n) is 7.62. The maximum atomic E-state index is 12.5. The van der Waals surface area contributed by atoms with Crippen LogP contribution < -0.4 is 10.2 Å². The summed E-state index contributed by atoms with van der Waals surface area (Å²) in [6.07, 6.45) is 2.06. The Kier molecular flexibility index (Phi) is 6.99. The summed E-state index contributed by atoms with van der Waals surface area (Å²) in [6.45, 7) is 2.67. The molecule has 3 nitrogen and oxygen atoms in total. The van der Waals surface area contributed by atoms with E-state index in [1.807, 2.05) is 14.0 Å². The van der Waals surface area contributed by atoms with Crippen LogP contribution in [0.1, 0.15) is 12.5 Å². The molecule has 0 saturated carbocycles. The van der Waals surface area contributed by atoms with Gasteiger partial charge in [-0.2, -0.15) is 0 Å². The van der Waals surface area contributed by atoms with Gasteiger partial charge in [-0.1, -0.05) is 35.3 Å². The van der Waals surface area contributed by atoms with Crippen LogP contribution in [0.15, 0.2) is 47.4 Å². The van der Waals surface area contributed by atoms with Gasteiger partial charge in [-0.3, -0.25) is 4.79 Å². The highest BCUT2D eigenvalue weighted by Crippen LogP contribution is 2.25. The molecule has 0 heterocycles. The summed E-state index contributed by atoms with van der Waals surface area (Å²) in [5.74, 6) is -0.0857. The van der Waals surface area contributed by atoms with Crippen molar-refractivity contribution in [2.24, 2.45) is 0 Å². The van der Waals surface area contributed by atoms with Gasteiger partial charge in [0.1, 0.15) is 6.54 Å². The molecule has 0 fully saturated rings. The summed E-state index contributed by atoms with van der Waals surface area (Å²) in [4.78, 5) is 14.8. The number of halogens is 2. The SMILES string of the molecule is CSc1ccc(C[NH+](C)[C@@H](C)C(=O)Nc2cc(Cl)ccc2Cl)cc1. The van der Waals surface area contributed by atoms with Crippen LogP contribution in [-0.2, 0) is 11.3 Å². The van der Waals surface area contributed by atoms with Crippen LogP contribution in [0.4, 0.5) is 5.69 Å². The molecular formula is C18H21Cl2N2OS+. The molecule has 6 heteroatoms. The third-order valence-electron chi connectivity index (χ3n) is 3.96. The summed E-state index contributed by atoms with van der Waals surface area (Å²) in [5.41, 5.74) is 1.74. The van der Waals surface area contributed by atoms with E-state index in [4.69, 9.17) is 23.2 Å². The highest BCUT2D eigenvalue weighted by molar-refractivity contribution is 7.98. The van der Waals surface area contributed by atoms with Gasteiger partial charge in [-0.05, 0) is 43.5 Å². The van der Waals surface area contributed by atoms with E-state index >= 15 is 0 Å². The van der Waals surface area contributed by atoms with Crippen LogP contribution in [0.5, 0.6) is 0 Å². The van der Waals surface area contributed by atoms with Crippen LogP contribution in [0.3, 0.4) is 0 Å². The van der Waals surface area contributed by atoms with Crippen molar-refractivity contribution in [3.8, 4) is 0 Å². The molecular weight excluding hydrogens is 363 g/mol. The molecule has 0 aliphatic heterocycles. The molecule has 24 heavy (non-hydrogen) atoms. The summed E-state index contributed by atoms with van der Waals surface area (Å²) in [7, 11) is 2.01. The normalized spacial score (nSPS) is 13.4. The maximum absolute atomic E-state index is 12.5. The van der Waals surface area contributed by atoms with E-state index in [1.54, 1.807) is 30.0 Å². The van der Waals surface area contributed by atoms with Crippen LogP contribution in [-0.4, -0.2) is 25.3 Å². The van der Waals surface area contributed by atoms with Crippen molar-refractivity contribution >= 4 is 46.6 Å². The van der Waals surface area contributed by atoms with Crippen LogP contribution in [0.25, 0.3) is 0 Å². The van der Waals surface area contributed by atoms with Gasteiger partial charge in [0.05, 0.1) is 17.8 Å². The molecule has 2 aromatic carbocycles. The smallest absolute Gasteiger partial charge is 0.282 e. The second-order valence-electron chi connectivity index (χ2n) is 5.71. The van der Waals surface area contributed by atoms with E-state index in [9.17, 15) is 4.79 Å². The topological polar surface area (TPSA) is 33.5 Å². The zero-order valence-corrected chi connectivity index (χ0v) is 16.2. The zero-order valence-electron chi connectivity index (χ0n) is 13.9. The Hall–Kier alpha value is -1.20. The van der Waals surface area contributed by atoms with E-state index in [1.165, 1.54) is 10.5 Å². The Labute approximate surface area is 157 Å². The van der Waals surface area contributed by atoms with Crippen molar-refractivity contribution in [3.05, 3.63) is 58.1 Å². The number of rotatable bonds is 6. The van der Waals surface area contributed by atoms with E-state index in [0.29, 0.717) is 15.7 Å². The second kappa shape index (κ2) is 8.77. The van der Waals surface area contributed by atoms with E-state index in [2.05, 4.69) is 35.8 Å². The molecule has 128 valence electrons. The first kappa shape index (κ1) is 19.1. The summed E-state index contributed by atoms with van der Waals surface area (Å²) < 4.78 is 0. The molecule has 2 rings (SSSR count). The van der Waals surface area contributed by atoms with Gasteiger partial charge < -0.3 is 10.2 Å². The quantitative estimate of drug-likeness (QED) is 0.744. The number of quaternary nitrogens is 1. The third-order valence-corrected chi connectivity index (χ3v) is 5.27. The van der Waals surface area contributed by atoms with E-state index in [-0.39, 0.29) is 11.9 Å². The van der Waals surface area contributed by atoms with Gasteiger partial charge in [-0.15, -0.1) is 11.8 Å². The van der Waals surface area contributed by atoms with Crippen molar-refractivity contribution in [3.63, 3.8) is 0 Å². The molecule has 0 spiro atoms. The molecule has 0 radical (unpaired) electrons. The van der Waals surface area contributed by atoms with Crippen molar-refractivity contribution in [2.45, 2.75) is 24.4 Å². The number of hydrogen-bond acceptors (Lipinski definition) is 2. The molecule has 0 aliphatic rings. The Bertz CT molecular complexity index is 707. The predicted molar refractivity (Wildman–Crippen MR) is 103 cm³/mol. The van der Waals surface area contributed by atoms with Gasteiger partial charge in [0.15, 0.2) is 6.04 Å². The summed E-state index contributed by atoms with van der Waals surface area (Å²) >= 11 is 13.8. The number of likely N-dealkylation sites (N-methyl/N-ethyl adjacent to an activating group) is 1. The van der Waals surface area contributed by atoms with Crippen molar-refractivity contribution < 1.29 is 9.69 Å². The van der Waals surface area contributed by atoms with Gasteiger partial charge in [-0.25, -0.2) is 0 Å². The van der Waals surface area contributed by atoms with Gasteiger partial charge in [0.2, 0.25) is 0 Å². The molecule has 1 amide bonds. The molecule has 0 bridgehead atoms. The number of hydrogen-bond donors (Lipinski definition) is 2. The maximum Gasteiger partial charge on any atom is 0.282 e. The minimum Gasteiger partial charge on any atom is -0.324 e.